The summed E-state index contributed by atoms with van der Waals surface area (Å²) >= 11 is 0. The maximum absolute atomic E-state index is 4.98. The number of likely N-dealkylation sites (N-methyl/N-ethyl adjacent to an activating group) is 1. The monoisotopic (exact) mass is 202 g/mol. The topological polar surface area (TPSA) is 24.5 Å². The molecule has 0 radical (unpaired) electrons. The molecule has 14 heavy (non-hydrogen) atoms. The average Bonchev–Trinajstić information content (AvgIpc) is 2.21. The number of hydrogen-bond donors (Lipinski definition) is 1. The summed E-state index contributed by atoms with van der Waals surface area (Å²) < 4.78 is 4.98. The number of nitrogens with one attached hydrogen (secondary N) is 1. The number of hydrogen-bond acceptors (Lipinski definition) is 3. The Morgan fingerprint density at radius 2 is 1.93 bits per heavy atom. The van der Waals surface area contributed by atoms with Crippen LogP contribution in [0, 0.1) is 0 Å². The van der Waals surface area contributed by atoms with Gasteiger partial charge in [-0.05, 0) is 32.5 Å². The average molecular weight is 202 g/mol. The van der Waals surface area contributed by atoms with Crippen molar-refractivity contribution < 1.29 is 4.74 Å². The van der Waals surface area contributed by atoms with Crippen molar-refractivity contribution in [3.05, 3.63) is 0 Å². The minimum atomic E-state index is 0.861. The predicted molar refractivity (Wildman–Crippen MR) is 61.8 cm³/mol. The highest BCUT2D eigenvalue weighted by Crippen LogP contribution is 1.89. The van der Waals surface area contributed by atoms with E-state index in [1.165, 1.54) is 13.0 Å². The summed E-state index contributed by atoms with van der Waals surface area (Å²) in [7, 11) is 1.75. The molecule has 0 aromatic heterocycles. The number of ether oxygens (including phenoxy) is 1. The largest absolute Gasteiger partial charge is 0.385 e. The molecule has 0 spiro atoms. The summed E-state index contributed by atoms with van der Waals surface area (Å²) in [6.07, 6.45) is 2.36. The summed E-state index contributed by atoms with van der Waals surface area (Å²) in [6, 6.07) is 0. The van der Waals surface area contributed by atoms with Crippen LogP contribution in [-0.2, 0) is 4.74 Å². The van der Waals surface area contributed by atoms with Crippen LogP contribution in [0.5, 0.6) is 0 Å². The second-order valence-electron chi connectivity index (χ2n) is 3.53. The van der Waals surface area contributed by atoms with Gasteiger partial charge in [-0.3, -0.25) is 0 Å². The van der Waals surface area contributed by atoms with E-state index in [4.69, 9.17) is 4.74 Å². The Labute approximate surface area is 88.8 Å². The first-order chi connectivity index (χ1) is 6.85. The molecule has 0 heterocycles. The molecule has 0 rings (SSSR count). The van der Waals surface area contributed by atoms with Gasteiger partial charge < -0.3 is 15.0 Å². The summed E-state index contributed by atoms with van der Waals surface area (Å²) in [5.74, 6) is 0. The van der Waals surface area contributed by atoms with Crippen molar-refractivity contribution in [1.82, 2.24) is 10.2 Å². The fourth-order valence-corrected chi connectivity index (χ4v) is 1.45. The van der Waals surface area contributed by atoms with Crippen LogP contribution in [0.15, 0.2) is 0 Å². The van der Waals surface area contributed by atoms with E-state index >= 15 is 0 Å². The molecule has 0 unspecified atom stereocenters. The smallest absolute Gasteiger partial charge is 0.0474 e. The van der Waals surface area contributed by atoms with E-state index in [1.807, 2.05) is 0 Å². The van der Waals surface area contributed by atoms with E-state index in [9.17, 15) is 0 Å². The van der Waals surface area contributed by atoms with Crippen LogP contribution in [0.1, 0.15) is 26.7 Å². The van der Waals surface area contributed by atoms with Gasteiger partial charge in [0, 0.05) is 26.8 Å². The van der Waals surface area contributed by atoms with Gasteiger partial charge in [-0.2, -0.15) is 0 Å². The van der Waals surface area contributed by atoms with Crippen LogP contribution in [-0.4, -0.2) is 51.3 Å². The molecule has 0 fully saturated rings. The Bertz CT molecular complexity index is 109. The number of rotatable bonds is 10. The van der Waals surface area contributed by atoms with E-state index < -0.39 is 0 Å². The highest BCUT2D eigenvalue weighted by molar-refractivity contribution is 4.56. The van der Waals surface area contributed by atoms with Gasteiger partial charge in [0.2, 0.25) is 0 Å². The molecule has 0 aliphatic rings. The molecule has 0 aromatic rings. The van der Waals surface area contributed by atoms with Crippen molar-refractivity contribution >= 4 is 0 Å². The lowest BCUT2D eigenvalue weighted by Crippen LogP contribution is -2.33. The van der Waals surface area contributed by atoms with Crippen molar-refractivity contribution in [1.29, 1.82) is 0 Å². The molecule has 0 saturated carbocycles. The zero-order valence-corrected chi connectivity index (χ0v) is 10.0. The van der Waals surface area contributed by atoms with E-state index in [1.54, 1.807) is 7.11 Å². The summed E-state index contributed by atoms with van der Waals surface area (Å²) in [5.41, 5.74) is 0. The third-order valence-electron chi connectivity index (χ3n) is 2.29. The molecule has 3 nitrogen and oxygen atoms in total. The second-order valence-corrected chi connectivity index (χ2v) is 3.53. The lowest BCUT2D eigenvalue weighted by atomic mass is 10.4. The van der Waals surface area contributed by atoms with E-state index in [2.05, 4.69) is 24.1 Å². The minimum absolute atomic E-state index is 0.861. The van der Waals surface area contributed by atoms with Gasteiger partial charge in [0.1, 0.15) is 0 Å². The Balaban J connectivity index is 3.15. The van der Waals surface area contributed by atoms with Gasteiger partial charge in [-0.1, -0.05) is 13.8 Å². The van der Waals surface area contributed by atoms with Crippen molar-refractivity contribution in [2.24, 2.45) is 0 Å². The molecule has 3 heteroatoms. The molecule has 1 N–H and O–H groups in total. The Kier molecular flexibility index (Phi) is 10.9. The zero-order chi connectivity index (χ0) is 10.6. The molecule has 0 aromatic carbocycles. The fraction of sp³-hybridized carbons (Fsp3) is 1.00. The van der Waals surface area contributed by atoms with Crippen molar-refractivity contribution in [3.63, 3.8) is 0 Å². The summed E-state index contributed by atoms with van der Waals surface area (Å²) in [5, 5.41) is 3.42. The quantitative estimate of drug-likeness (QED) is 0.541. The van der Waals surface area contributed by atoms with Crippen LogP contribution in [0.3, 0.4) is 0 Å². The third-order valence-corrected chi connectivity index (χ3v) is 2.29. The normalized spacial score (nSPS) is 11.1. The Hall–Kier alpha value is -0.120. The molecule has 0 saturated heterocycles. The lowest BCUT2D eigenvalue weighted by Gasteiger charge is -2.19. The van der Waals surface area contributed by atoms with E-state index in [-0.39, 0.29) is 0 Å². The van der Waals surface area contributed by atoms with Gasteiger partial charge in [0.15, 0.2) is 0 Å². The first kappa shape index (κ1) is 13.9. The van der Waals surface area contributed by atoms with Crippen molar-refractivity contribution in [3.8, 4) is 0 Å². The maximum Gasteiger partial charge on any atom is 0.0474 e. The van der Waals surface area contributed by atoms with E-state index in [0.717, 1.165) is 39.2 Å². The van der Waals surface area contributed by atoms with Crippen molar-refractivity contribution in [2.75, 3.05) is 46.4 Å². The molecule has 0 bridgehead atoms. The summed E-state index contributed by atoms with van der Waals surface area (Å²) in [4.78, 5) is 2.48. The maximum atomic E-state index is 4.98. The first-order valence-corrected chi connectivity index (χ1v) is 5.77. The lowest BCUT2D eigenvalue weighted by molar-refractivity contribution is 0.193. The van der Waals surface area contributed by atoms with Crippen LogP contribution >= 0.6 is 0 Å². The predicted octanol–water partition coefficient (Wildman–Crippen LogP) is 1.34. The van der Waals surface area contributed by atoms with Crippen LogP contribution in [0.2, 0.25) is 0 Å². The molecule has 0 amide bonds. The summed E-state index contributed by atoms with van der Waals surface area (Å²) in [6.45, 7) is 11.0. The molecular formula is C11H26N2O. The van der Waals surface area contributed by atoms with Crippen LogP contribution in [0.25, 0.3) is 0 Å². The van der Waals surface area contributed by atoms with Gasteiger partial charge in [0.25, 0.3) is 0 Å². The highest BCUT2D eigenvalue weighted by Gasteiger charge is 1.98. The SMILES string of the molecule is CCCN(CC)CCNCCCOC. The Morgan fingerprint density at radius 3 is 2.50 bits per heavy atom. The van der Waals surface area contributed by atoms with Gasteiger partial charge >= 0.3 is 0 Å². The van der Waals surface area contributed by atoms with E-state index in [0.29, 0.717) is 0 Å². The first-order valence-electron chi connectivity index (χ1n) is 5.77. The standard InChI is InChI=1S/C11H26N2O/c1-4-9-13(5-2)10-8-12-7-6-11-14-3/h12H,4-11H2,1-3H3. The number of methoxy groups -OCH3 is 1. The molecular weight excluding hydrogens is 176 g/mol. The molecule has 0 aliphatic heterocycles. The Morgan fingerprint density at radius 1 is 1.14 bits per heavy atom. The molecule has 86 valence electrons. The van der Waals surface area contributed by atoms with Crippen LogP contribution in [0.4, 0.5) is 0 Å². The van der Waals surface area contributed by atoms with Crippen molar-refractivity contribution in [2.45, 2.75) is 26.7 Å². The van der Waals surface area contributed by atoms with Gasteiger partial charge in [0.05, 0.1) is 0 Å². The molecule has 0 atom stereocenters. The highest BCUT2D eigenvalue weighted by atomic mass is 16.5. The van der Waals surface area contributed by atoms with Gasteiger partial charge in [-0.15, -0.1) is 0 Å². The zero-order valence-electron chi connectivity index (χ0n) is 10.0. The van der Waals surface area contributed by atoms with Gasteiger partial charge in [-0.25, -0.2) is 0 Å². The third kappa shape index (κ3) is 8.48. The fourth-order valence-electron chi connectivity index (χ4n) is 1.45. The van der Waals surface area contributed by atoms with Crippen LogP contribution < -0.4 is 5.32 Å². The number of nitrogens with zero attached hydrogens (tertiary/aromatic N) is 1. The minimum Gasteiger partial charge on any atom is -0.385 e. The molecule has 0 aliphatic carbocycles. The second kappa shape index (κ2) is 11.0.